The van der Waals surface area contributed by atoms with Crippen molar-refractivity contribution in [2.45, 2.75) is 26.7 Å². The lowest BCUT2D eigenvalue weighted by atomic mass is 10.0. The lowest BCUT2D eigenvalue weighted by Crippen LogP contribution is -2.37. The van der Waals surface area contributed by atoms with Crippen LogP contribution in [0.1, 0.15) is 32.3 Å². The molecule has 0 unspecified atom stereocenters. The summed E-state index contributed by atoms with van der Waals surface area (Å²) in [5, 5.41) is 11.8. The van der Waals surface area contributed by atoms with Crippen LogP contribution in [-0.2, 0) is 0 Å². The number of nitrogens with one attached hydrogen (secondary N) is 1. The number of halogens is 1. The van der Waals surface area contributed by atoms with E-state index in [0.29, 0.717) is 19.0 Å². The van der Waals surface area contributed by atoms with Gasteiger partial charge in [0.15, 0.2) is 0 Å². The van der Waals surface area contributed by atoms with Crippen LogP contribution in [0.3, 0.4) is 0 Å². The van der Waals surface area contributed by atoms with Crippen molar-refractivity contribution in [3.05, 3.63) is 28.2 Å². The smallest absolute Gasteiger partial charge is 0.321 e. The number of carbonyl (C=O) groups is 1. The van der Waals surface area contributed by atoms with Crippen LogP contribution in [0.5, 0.6) is 0 Å². The topological polar surface area (TPSA) is 52.6 Å². The van der Waals surface area contributed by atoms with E-state index in [2.05, 4.69) is 35.1 Å². The van der Waals surface area contributed by atoms with Crippen LogP contribution in [0.4, 0.5) is 10.5 Å². The number of hydrogen-bond acceptors (Lipinski definition) is 2. The Morgan fingerprint density at radius 2 is 2.16 bits per heavy atom. The summed E-state index contributed by atoms with van der Waals surface area (Å²) in [7, 11) is 0. The second kappa shape index (κ2) is 7.50. The Balaban J connectivity index is 2.89. The summed E-state index contributed by atoms with van der Waals surface area (Å²) in [5.41, 5.74) is 1.90. The first-order valence-electron chi connectivity index (χ1n) is 6.45. The third kappa shape index (κ3) is 4.51. The molecule has 0 heterocycles. The second-order valence-electron chi connectivity index (χ2n) is 4.62. The molecular weight excluding hydrogens is 308 g/mol. The van der Waals surface area contributed by atoms with E-state index in [1.165, 1.54) is 0 Å². The summed E-state index contributed by atoms with van der Waals surface area (Å²) < 4.78 is 0.997. The lowest BCUT2D eigenvalue weighted by molar-refractivity contribution is 0.192. The van der Waals surface area contributed by atoms with Gasteiger partial charge in [0, 0.05) is 23.2 Å². The number of rotatable bonds is 5. The van der Waals surface area contributed by atoms with Crippen molar-refractivity contribution in [3.8, 4) is 0 Å². The number of carbonyl (C=O) groups excluding carboxylic acids is 1. The highest BCUT2D eigenvalue weighted by Crippen LogP contribution is 2.27. The zero-order chi connectivity index (χ0) is 14.4. The molecule has 2 amide bonds. The average Bonchev–Trinajstić information content (AvgIpc) is 2.37. The van der Waals surface area contributed by atoms with E-state index < -0.39 is 0 Å². The third-order valence-corrected chi connectivity index (χ3v) is 3.41. The molecule has 5 heteroatoms. The molecule has 0 spiro atoms. The van der Waals surface area contributed by atoms with Gasteiger partial charge in [-0.2, -0.15) is 0 Å². The predicted molar refractivity (Wildman–Crippen MR) is 81.6 cm³/mol. The van der Waals surface area contributed by atoms with Crippen LogP contribution in [0.2, 0.25) is 0 Å². The van der Waals surface area contributed by atoms with Crippen molar-refractivity contribution in [2.75, 3.05) is 25.0 Å². The zero-order valence-corrected chi connectivity index (χ0v) is 13.2. The highest BCUT2D eigenvalue weighted by atomic mass is 79.9. The molecule has 1 aromatic carbocycles. The third-order valence-electron chi connectivity index (χ3n) is 2.92. The molecule has 4 nitrogen and oxygen atoms in total. The Kier molecular flexibility index (Phi) is 6.31. The number of urea groups is 1. The molecule has 0 saturated carbocycles. The molecule has 0 saturated heterocycles. The first kappa shape index (κ1) is 16.0. The summed E-state index contributed by atoms with van der Waals surface area (Å²) in [5.74, 6) is 0.320. The minimum Gasteiger partial charge on any atom is -0.395 e. The van der Waals surface area contributed by atoms with Gasteiger partial charge in [-0.25, -0.2) is 4.79 Å². The van der Waals surface area contributed by atoms with Gasteiger partial charge in [0.25, 0.3) is 0 Å². The molecular formula is C14H21BrN2O2. The maximum Gasteiger partial charge on any atom is 0.321 e. The molecule has 1 aromatic rings. The fraction of sp³-hybridized carbons (Fsp3) is 0.500. The van der Waals surface area contributed by atoms with E-state index in [1.54, 1.807) is 4.90 Å². The Morgan fingerprint density at radius 3 is 2.68 bits per heavy atom. The number of hydrogen-bond donors (Lipinski definition) is 2. The summed E-state index contributed by atoms with van der Waals surface area (Å²) in [6.07, 6.45) is 0. The van der Waals surface area contributed by atoms with Gasteiger partial charge in [-0.05, 0) is 36.6 Å². The minimum absolute atomic E-state index is 0.0291. The van der Waals surface area contributed by atoms with Crippen molar-refractivity contribution >= 4 is 27.6 Å². The Labute approximate surface area is 122 Å². The molecule has 0 bridgehead atoms. The van der Waals surface area contributed by atoms with E-state index in [1.807, 2.05) is 25.1 Å². The highest BCUT2D eigenvalue weighted by molar-refractivity contribution is 9.10. The molecule has 19 heavy (non-hydrogen) atoms. The quantitative estimate of drug-likeness (QED) is 0.870. The maximum atomic E-state index is 12.1. The number of aliphatic hydroxyl groups is 1. The largest absolute Gasteiger partial charge is 0.395 e. The standard InChI is InChI=1S/C14H21BrN2O2/c1-4-17(7-8-18)14(19)16-13-6-5-11(15)9-12(13)10(2)3/h5-6,9-10,18H,4,7-8H2,1-3H3,(H,16,19). The van der Waals surface area contributed by atoms with E-state index in [9.17, 15) is 4.79 Å². The van der Waals surface area contributed by atoms with Crippen molar-refractivity contribution in [2.24, 2.45) is 0 Å². The van der Waals surface area contributed by atoms with Crippen LogP contribution in [0, 0.1) is 0 Å². The Hall–Kier alpha value is -1.07. The molecule has 0 radical (unpaired) electrons. The van der Waals surface area contributed by atoms with Gasteiger partial charge in [-0.15, -0.1) is 0 Å². The first-order chi connectivity index (χ1) is 8.99. The molecule has 1 rings (SSSR count). The van der Waals surface area contributed by atoms with Gasteiger partial charge in [0.05, 0.1) is 6.61 Å². The molecule has 0 fully saturated rings. The number of benzene rings is 1. The van der Waals surface area contributed by atoms with Crippen molar-refractivity contribution in [1.29, 1.82) is 0 Å². The molecule has 0 aliphatic carbocycles. The monoisotopic (exact) mass is 328 g/mol. The van der Waals surface area contributed by atoms with Gasteiger partial charge in [-0.1, -0.05) is 29.8 Å². The number of nitrogens with zero attached hydrogens (tertiary/aromatic N) is 1. The molecule has 0 aliphatic rings. The second-order valence-corrected chi connectivity index (χ2v) is 5.54. The van der Waals surface area contributed by atoms with Gasteiger partial charge < -0.3 is 15.3 Å². The molecule has 106 valence electrons. The fourth-order valence-corrected chi connectivity index (χ4v) is 2.22. The van der Waals surface area contributed by atoms with Gasteiger partial charge >= 0.3 is 6.03 Å². The number of aliphatic hydroxyl groups excluding tert-OH is 1. The van der Waals surface area contributed by atoms with E-state index >= 15 is 0 Å². The van der Waals surface area contributed by atoms with Gasteiger partial charge in [0.2, 0.25) is 0 Å². The molecule has 0 aromatic heterocycles. The summed E-state index contributed by atoms with van der Waals surface area (Å²) in [6, 6.07) is 5.64. The summed E-state index contributed by atoms with van der Waals surface area (Å²) in [6.45, 7) is 6.94. The number of likely N-dealkylation sites (N-methyl/N-ethyl adjacent to an activating group) is 1. The van der Waals surface area contributed by atoms with Gasteiger partial charge in [0.1, 0.15) is 0 Å². The van der Waals surface area contributed by atoms with Crippen LogP contribution in [0.25, 0.3) is 0 Å². The van der Waals surface area contributed by atoms with Crippen molar-refractivity contribution < 1.29 is 9.90 Å². The average molecular weight is 329 g/mol. The number of amides is 2. The number of anilines is 1. The highest BCUT2D eigenvalue weighted by Gasteiger charge is 2.14. The fourth-order valence-electron chi connectivity index (χ4n) is 1.84. The normalized spacial score (nSPS) is 10.6. The van der Waals surface area contributed by atoms with Crippen LogP contribution < -0.4 is 5.32 Å². The van der Waals surface area contributed by atoms with Crippen molar-refractivity contribution in [3.63, 3.8) is 0 Å². The Bertz CT molecular complexity index is 435. The van der Waals surface area contributed by atoms with E-state index in [4.69, 9.17) is 5.11 Å². The van der Waals surface area contributed by atoms with Crippen molar-refractivity contribution in [1.82, 2.24) is 4.90 Å². The Morgan fingerprint density at radius 1 is 1.47 bits per heavy atom. The lowest BCUT2D eigenvalue weighted by Gasteiger charge is -2.22. The van der Waals surface area contributed by atoms with Crippen LogP contribution >= 0.6 is 15.9 Å². The maximum absolute atomic E-state index is 12.1. The predicted octanol–water partition coefficient (Wildman–Crippen LogP) is 3.42. The molecule has 0 atom stereocenters. The van der Waals surface area contributed by atoms with E-state index in [0.717, 1.165) is 15.7 Å². The van der Waals surface area contributed by atoms with E-state index in [-0.39, 0.29) is 12.6 Å². The molecule has 2 N–H and O–H groups in total. The summed E-state index contributed by atoms with van der Waals surface area (Å²) in [4.78, 5) is 13.7. The van der Waals surface area contributed by atoms with Crippen LogP contribution in [-0.4, -0.2) is 35.7 Å². The zero-order valence-electron chi connectivity index (χ0n) is 11.6. The first-order valence-corrected chi connectivity index (χ1v) is 7.25. The van der Waals surface area contributed by atoms with Gasteiger partial charge in [-0.3, -0.25) is 0 Å². The molecule has 0 aliphatic heterocycles. The van der Waals surface area contributed by atoms with Crippen LogP contribution in [0.15, 0.2) is 22.7 Å². The minimum atomic E-state index is -0.180. The summed E-state index contributed by atoms with van der Waals surface area (Å²) >= 11 is 3.44. The SMILES string of the molecule is CCN(CCO)C(=O)Nc1ccc(Br)cc1C(C)C.